The predicted octanol–water partition coefficient (Wildman–Crippen LogP) is 3.31. The molecular weight excluding hydrogens is 325 g/mol. The van der Waals surface area contributed by atoms with Crippen molar-refractivity contribution in [2.75, 3.05) is 18.0 Å². The molecule has 1 aliphatic carbocycles. The molecule has 20 heavy (non-hydrogen) atoms. The van der Waals surface area contributed by atoms with Crippen LogP contribution < -0.4 is 10.6 Å². The van der Waals surface area contributed by atoms with Gasteiger partial charge in [-0.1, -0.05) is 12.1 Å². The summed E-state index contributed by atoms with van der Waals surface area (Å²) in [4.78, 5) is 2.08. The summed E-state index contributed by atoms with van der Waals surface area (Å²) in [5.74, 6) is 0.221. The lowest BCUT2D eigenvalue weighted by molar-refractivity contribution is 0.318. The maximum absolute atomic E-state index is 14.5. The fourth-order valence-electron chi connectivity index (χ4n) is 2.23. The number of rotatable bonds is 6. The second kappa shape index (κ2) is 6.43. The number of anilines is 1. The van der Waals surface area contributed by atoms with Gasteiger partial charge in [-0.3, -0.25) is 0 Å². The van der Waals surface area contributed by atoms with E-state index in [2.05, 4.69) is 32.9 Å². The number of benzene rings is 1. The van der Waals surface area contributed by atoms with Crippen molar-refractivity contribution < 1.29 is 9.60 Å². The SMILES string of the molecule is CCCN(CC1CC1)c1ccc(/C(N)=N/O)c(Br)c1F. The number of amidine groups is 1. The first kappa shape index (κ1) is 15.1. The summed E-state index contributed by atoms with van der Waals surface area (Å²) in [7, 11) is 0. The van der Waals surface area contributed by atoms with E-state index in [1.807, 2.05) is 0 Å². The summed E-state index contributed by atoms with van der Waals surface area (Å²) in [5, 5.41) is 11.6. The number of oxime groups is 1. The van der Waals surface area contributed by atoms with E-state index in [-0.39, 0.29) is 16.1 Å². The molecule has 0 unspecified atom stereocenters. The van der Waals surface area contributed by atoms with Gasteiger partial charge in [0.15, 0.2) is 11.7 Å². The van der Waals surface area contributed by atoms with Gasteiger partial charge in [-0.25, -0.2) is 4.39 Å². The van der Waals surface area contributed by atoms with Crippen LogP contribution in [0.4, 0.5) is 10.1 Å². The minimum Gasteiger partial charge on any atom is -0.409 e. The lowest BCUT2D eigenvalue weighted by Gasteiger charge is -2.25. The van der Waals surface area contributed by atoms with Crippen LogP contribution in [0.15, 0.2) is 21.8 Å². The highest BCUT2D eigenvalue weighted by Gasteiger charge is 2.26. The average molecular weight is 344 g/mol. The van der Waals surface area contributed by atoms with Gasteiger partial charge in [0.25, 0.3) is 0 Å². The summed E-state index contributed by atoms with van der Waals surface area (Å²) in [6.45, 7) is 3.79. The Morgan fingerprint density at radius 2 is 2.25 bits per heavy atom. The molecule has 0 saturated heterocycles. The van der Waals surface area contributed by atoms with E-state index in [4.69, 9.17) is 10.9 Å². The number of hydrogen-bond donors (Lipinski definition) is 2. The van der Waals surface area contributed by atoms with Crippen molar-refractivity contribution in [1.29, 1.82) is 0 Å². The molecule has 0 amide bonds. The molecule has 1 aromatic rings. The molecule has 0 atom stereocenters. The van der Waals surface area contributed by atoms with Crippen molar-refractivity contribution in [3.8, 4) is 0 Å². The summed E-state index contributed by atoms with van der Waals surface area (Å²) in [5.41, 5.74) is 6.46. The molecule has 1 aliphatic rings. The first-order chi connectivity index (χ1) is 9.58. The van der Waals surface area contributed by atoms with E-state index < -0.39 is 0 Å². The fraction of sp³-hybridized carbons (Fsp3) is 0.500. The maximum Gasteiger partial charge on any atom is 0.171 e. The Hall–Kier alpha value is -1.30. The molecule has 0 aromatic heterocycles. The summed E-state index contributed by atoms with van der Waals surface area (Å²) >= 11 is 3.20. The van der Waals surface area contributed by atoms with Gasteiger partial charge in [-0.05, 0) is 53.2 Å². The Morgan fingerprint density at radius 1 is 1.55 bits per heavy atom. The molecule has 110 valence electrons. The van der Waals surface area contributed by atoms with Crippen LogP contribution in [0.2, 0.25) is 0 Å². The van der Waals surface area contributed by atoms with E-state index in [9.17, 15) is 4.39 Å². The van der Waals surface area contributed by atoms with Crippen LogP contribution in [-0.2, 0) is 0 Å². The Kier molecular flexibility index (Phi) is 4.86. The van der Waals surface area contributed by atoms with E-state index in [0.29, 0.717) is 17.2 Å². The largest absolute Gasteiger partial charge is 0.409 e. The molecule has 0 spiro atoms. The lowest BCUT2D eigenvalue weighted by atomic mass is 10.1. The summed E-state index contributed by atoms with van der Waals surface area (Å²) in [6, 6.07) is 3.37. The van der Waals surface area contributed by atoms with Crippen LogP contribution in [0.25, 0.3) is 0 Å². The second-order valence-corrected chi connectivity index (χ2v) is 5.93. The Labute approximate surface area is 126 Å². The second-order valence-electron chi connectivity index (χ2n) is 5.13. The van der Waals surface area contributed by atoms with Gasteiger partial charge in [-0.15, -0.1) is 0 Å². The molecule has 0 aliphatic heterocycles. The zero-order chi connectivity index (χ0) is 14.7. The molecule has 2 rings (SSSR count). The number of nitrogens with two attached hydrogens (primary N) is 1. The van der Waals surface area contributed by atoms with Crippen LogP contribution >= 0.6 is 15.9 Å². The monoisotopic (exact) mass is 343 g/mol. The van der Waals surface area contributed by atoms with Crippen LogP contribution in [0.1, 0.15) is 31.7 Å². The van der Waals surface area contributed by atoms with Crippen LogP contribution in [0.5, 0.6) is 0 Å². The third-order valence-electron chi connectivity index (χ3n) is 3.46. The average Bonchev–Trinajstić information content (AvgIpc) is 3.24. The van der Waals surface area contributed by atoms with Gasteiger partial charge in [-0.2, -0.15) is 0 Å². The normalized spacial score (nSPS) is 15.4. The van der Waals surface area contributed by atoms with Gasteiger partial charge in [0.2, 0.25) is 0 Å². The molecule has 3 N–H and O–H groups in total. The third kappa shape index (κ3) is 3.23. The minimum atomic E-state index is -0.358. The topological polar surface area (TPSA) is 61.8 Å². The van der Waals surface area contributed by atoms with Gasteiger partial charge in [0.05, 0.1) is 10.2 Å². The smallest absolute Gasteiger partial charge is 0.171 e. The molecule has 0 bridgehead atoms. The molecule has 4 nitrogen and oxygen atoms in total. The van der Waals surface area contributed by atoms with Crippen molar-refractivity contribution in [2.24, 2.45) is 16.8 Å². The highest BCUT2D eigenvalue weighted by atomic mass is 79.9. The van der Waals surface area contributed by atoms with E-state index in [0.717, 1.165) is 19.5 Å². The Bertz CT molecular complexity index is 517. The molecule has 1 saturated carbocycles. The molecule has 1 aromatic carbocycles. The van der Waals surface area contributed by atoms with Crippen molar-refractivity contribution in [1.82, 2.24) is 0 Å². The van der Waals surface area contributed by atoms with E-state index in [1.165, 1.54) is 12.8 Å². The molecule has 1 fully saturated rings. The third-order valence-corrected chi connectivity index (χ3v) is 4.23. The first-order valence-corrected chi connectivity index (χ1v) is 7.58. The van der Waals surface area contributed by atoms with Crippen LogP contribution in [-0.4, -0.2) is 24.1 Å². The van der Waals surface area contributed by atoms with Crippen molar-refractivity contribution in [3.05, 3.63) is 28.0 Å². The highest BCUT2D eigenvalue weighted by Crippen LogP contribution is 2.34. The zero-order valence-corrected chi connectivity index (χ0v) is 13.0. The Morgan fingerprint density at radius 3 is 2.80 bits per heavy atom. The van der Waals surface area contributed by atoms with E-state index >= 15 is 0 Å². The predicted molar refractivity (Wildman–Crippen MR) is 81.8 cm³/mol. The van der Waals surface area contributed by atoms with Gasteiger partial charge in [0.1, 0.15) is 0 Å². The first-order valence-electron chi connectivity index (χ1n) is 6.79. The maximum atomic E-state index is 14.5. The minimum absolute atomic E-state index is 0.105. The molecular formula is C14H19BrFN3O. The number of halogens is 2. The van der Waals surface area contributed by atoms with Crippen LogP contribution in [0.3, 0.4) is 0 Å². The Balaban J connectivity index is 2.32. The van der Waals surface area contributed by atoms with Crippen LogP contribution in [0, 0.1) is 11.7 Å². The lowest BCUT2D eigenvalue weighted by Crippen LogP contribution is -2.28. The fourth-order valence-corrected chi connectivity index (χ4v) is 2.77. The van der Waals surface area contributed by atoms with Gasteiger partial charge < -0.3 is 15.8 Å². The molecule has 0 radical (unpaired) electrons. The van der Waals surface area contributed by atoms with Crippen molar-refractivity contribution in [3.63, 3.8) is 0 Å². The number of nitrogens with zero attached hydrogens (tertiary/aromatic N) is 2. The zero-order valence-electron chi connectivity index (χ0n) is 11.4. The van der Waals surface area contributed by atoms with Crippen molar-refractivity contribution in [2.45, 2.75) is 26.2 Å². The standard InChI is InChI=1S/C14H19BrFN3O/c1-2-7-19(8-9-3-4-9)11-6-5-10(14(17)18-20)12(15)13(11)16/h5-6,9,20H,2-4,7-8H2,1H3,(H2,17,18). The van der Waals surface area contributed by atoms with Gasteiger partial charge >= 0.3 is 0 Å². The number of hydrogen-bond acceptors (Lipinski definition) is 3. The van der Waals surface area contributed by atoms with Crippen molar-refractivity contribution >= 4 is 27.5 Å². The summed E-state index contributed by atoms with van der Waals surface area (Å²) < 4.78 is 14.8. The van der Waals surface area contributed by atoms with Gasteiger partial charge in [0, 0.05) is 18.7 Å². The molecule has 6 heteroatoms. The highest BCUT2D eigenvalue weighted by molar-refractivity contribution is 9.10. The summed E-state index contributed by atoms with van der Waals surface area (Å²) in [6.07, 6.45) is 3.42. The van der Waals surface area contributed by atoms with E-state index in [1.54, 1.807) is 12.1 Å². The molecule has 0 heterocycles. The quantitative estimate of drug-likeness (QED) is 0.360.